The van der Waals surface area contributed by atoms with E-state index in [-0.39, 0.29) is 5.96 Å². The molecule has 0 aliphatic rings. The number of nitrogens with two attached hydrogens (primary N) is 1. The number of aromatic nitrogens is 1. The van der Waals surface area contributed by atoms with Crippen molar-refractivity contribution in [1.82, 2.24) is 15.2 Å². The molecule has 4 N–H and O–H groups in total. The van der Waals surface area contributed by atoms with Crippen LogP contribution in [0.3, 0.4) is 0 Å². The predicted molar refractivity (Wildman–Crippen MR) is 68.0 cm³/mol. The molecule has 1 aromatic heterocycles. The Kier molecular flexibility index (Phi) is 4.65. The van der Waals surface area contributed by atoms with Gasteiger partial charge in [0, 0.05) is 12.7 Å². The van der Waals surface area contributed by atoms with Crippen LogP contribution in [0, 0.1) is 5.41 Å². The zero-order valence-electron chi connectivity index (χ0n) is 9.10. The zero-order valence-corrected chi connectivity index (χ0v) is 9.92. The summed E-state index contributed by atoms with van der Waals surface area (Å²) < 4.78 is 0. The molecule has 16 heavy (non-hydrogen) atoms. The summed E-state index contributed by atoms with van der Waals surface area (Å²) in [5, 5.41) is 10.9. The van der Waals surface area contributed by atoms with Crippen molar-refractivity contribution in [3.8, 4) is 0 Å². The molecule has 0 aliphatic heterocycles. The molecule has 0 unspecified atom stereocenters. The standard InChI is InChI=1S/C10H15N5S/c1-2-13-10(16)15(9(11)12)7-8-5-3-4-6-14-8/h3-6H,2,7H2,1H3,(H3,11,12)(H,13,16). The van der Waals surface area contributed by atoms with E-state index in [9.17, 15) is 0 Å². The summed E-state index contributed by atoms with van der Waals surface area (Å²) in [4.78, 5) is 5.66. The van der Waals surface area contributed by atoms with Gasteiger partial charge in [0.15, 0.2) is 11.1 Å². The molecule has 0 radical (unpaired) electrons. The van der Waals surface area contributed by atoms with Crippen molar-refractivity contribution >= 4 is 23.3 Å². The molecule has 0 spiro atoms. The number of nitrogens with one attached hydrogen (secondary N) is 2. The number of rotatable bonds is 3. The fourth-order valence-corrected chi connectivity index (χ4v) is 1.47. The number of hydrogen-bond acceptors (Lipinski definition) is 3. The maximum Gasteiger partial charge on any atom is 0.195 e. The normalized spacial score (nSPS) is 9.56. The van der Waals surface area contributed by atoms with Crippen LogP contribution >= 0.6 is 12.2 Å². The second-order valence-electron chi connectivity index (χ2n) is 3.13. The van der Waals surface area contributed by atoms with Crippen molar-refractivity contribution < 1.29 is 0 Å². The first-order valence-electron chi connectivity index (χ1n) is 4.94. The van der Waals surface area contributed by atoms with Crippen LogP contribution in [0.25, 0.3) is 0 Å². The van der Waals surface area contributed by atoms with Crippen LogP contribution in [0.15, 0.2) is 24.4 Å². The maximum atomic E-state index is 7.46. The highest BCUT2D eigenvalue weighted by molar-refractivity contribution is 7.80. The van der Waals surface area contributed by atoms with Gasteiger partial charge in [-0.3, -0.25) is 15.3 Å². The number of thiocarbonyl (C=S) groups is 1. The zero-order chi connectivity index (χ0) is 12.0. The molecule has 0 saturated heterocycles. The summed E-state index contributed by atoms with van der Waals surface area (Å²) in [7, 11) is 0. The molecule has 0 atom stereocenters. The highest BCUT2D eigenvalue weighted by atomic mass is 32.1. The molecule has 0 aliphatic carbocycles. The van der Waals surface area contributed by atoms with Crippen molar-refractivity contribution in [2.24, 2.45) is 5.73 Å². The predicted octanol–water partition coefficient (Wildman–Crippen LogP) is 0.671. The van der Waals surface area contributed by atoms with Gasteiger partial charge in [-0.2, -0.15) is 0 Å². The Bertz CT molecular complexity index is 365. The molecular formula is C10H15N5S. The van der Waals surface area contributed by atoms with E-state index < -0.39 is 0 Å². The van der Waals surface area contributed by atoms with Crippen LogP contribution in [0.4, 0.5) is 0 Å². The van der Waals surface area contributed by atoms with Gasteiger partial charge in [0.1, 0.15) is 0 Å². The molecule has 86 valence electrons. The van der Waals surface area contributed by atoms with Gasteiger partial charge in [-0.25, -0.2) is 0 Å². The quantitative estimate of drug-likeness (QED) is 0.409. The van der Waals surface area contributed by atoms with E-state index in [1.165, 1.54) is 4.90 Å². The van der Waals surface area contributed by atoms with E-state index in [0.29, 0.717) is 18.2 Å². The highest BCUT2D eigenvalue weighted by Crippen LogP contribution is 2.00. The van der Waals surface area contributed by atoms with E-state index in [1.54, 1.807) is 6.20 Å². The first-order chi connectivity index (χ1) is 7.65. The Hall–Kier alpha value is -1.69. The minimum atomic E-state index is -0.0865. The van der Waals surface area contributed by atoms with Crippen molar-refractivity contribution in [3.05, 3.63) is 30.1 Å². The smallest absolute Gasteiger partial charge is 0.195 e. The second-order valence-corrected chi connectivity index (χ2v) is 3.51. The van der Waals surface area contributed by atoms with Crippen LogP contribution in [0.1, 0.15) is 12.6 Å². The van der Waals surface area contributed by atoms with Gasteiger partial charge in [0.05, 0.1) is 12.2 Å². The summed E-state index contributed by atoms with van der Waals surface area (Å²) >= 11 is 5.12. The summed E-state index contributed by atoms with van der Waals surface area (Å²) in [5.74, 6) is -0.0865. The summed E-state index contributed by atoms with van der Waals surface area (Å²) in [6.07, 6.45) is 1.70. The lowest BCUT2D eigenvalue weighted by atomic mass is 10.3. The monoisotopic (exact) mass is 237 g/mol. The van der Waals surface area contributed by atoms with Gasteiger partial charge >= 0.3 is 0 Å². The lowest BCUT2D eigenvalue weighted by molar-refractivity contribution is 0.568. The fourth-order valence-electron chi connectivity index (χ4n) is 1.17. The van der Waals surface area contributed by atoms with Crippen LogP contribution in [-0.4, -0.2) is 27.5 Å². The third-order valence-electron chi connectivity index (χ3n) is 1.91. The lowest BCUT2D eigenvalue weighted by Crippen LogP contribution is -2.46. The third-order valence-corrected chi connectivity index (χ3v) is 2.27. The van der Waals surface area contributed by atoms with Crippen molar-refractivity contribution in [3.63, 3.8) is 0 Å². The minimum Gasteiger partial charge on any atom is -0.370 e. The summed E-state index contributed by atoms with van der Waals surface area (Å²) in [6.45, 7) is 3.04. The first kappa shape index (κ1) is 12.4. The van der Waals surface area contributed by atoms with Crippen molar-refractivity contribution in [1.29, 1.82) is 5.41 Å². The number of pyridine rings is 1. The maximum absolute atomic E-state index is 7.46. The third kappa shape index (κ3) is 3.47. The molecule has 6 heteroatoms. The van der Waals surface area contributed by atoms with E-state index in [4.69, 9.17) is 23.4 Å². The van der Waals surface area contributed by atoms with Gasteiger partial charge in [0.25, 0.3) is 0 Å². The summed E-state index contributed by atoms with van der Waals surface area (Å²) in [5.41, 5.74) is 6.29. The molecule has 1 heterocycles. The molecule has 0 aromatic carbocycles. The van der Waals surface area contributed by atoms with E-state index in [1.807, 2.05) is 25.1 Å². The Morgan fingerprint density at radius 1 is 1.62 bits per heavy atom. The summed E-state index contributed by atoms with van der Waals surface area (Å²) in [6, 6.07) is 5.59. The average molecular weight is 237 g/mol. The molecule has 0 fully saturated rings. The van der Waals surface area contributed by atoms with Crippen LogP contribution in [0.5, 0.6) is 0 Å². The number of guanidine groups is 1. The molecule has 1 aromatic rings. The average Bonchev–Trinajstić information content (AvgIpc) is 2.27. The SMILES string of the molecule is CCNC(=S)N(Cc1ccccn1)C(=N)N. The molecule has 0 amide bonds. The molecule has 5 nitrogen and oxygen atoms in total. The lowest BCUT2D eigenvalue weighted by Gasteiger charge is -2.23. The van der Waals surface area contributed by atoms with E-state index in [2.05, 4.69) is 10.3 Å². The largest absolute Gasteiger partial charge is 0.370 e. The minimum absolute atomic E-state index is 0.0865. The van der Waals surface area contributed by atoms with Gasteiger partial charge < -0.3 is 11.1 Å². The highest BCUT2D eigenvalue weighted by Gasteiger charge is 2.12. The van der Waals surface area contributed by atoms with Crippen LogP contribution in [0.2, 0.25) is 0 Å². The number of nitrogens with zero attached hydrogens (tertiary/aromatic N) is 2. The Morgan fingerprint density at radius 2 is 2.38 bits per heavy atom. The van der Waals surface area contributed by atoms with Crippen molar-refractivity contribution in [2.75, 3.05) is 6.54 Å². The van der Waals surface area contributed by atoms with E-state index >= 15 is 0 Å². The topological polar surface area (TPSA) is 78.0 Å². The van der Waals surface area contributed by atoms with Crippen molar-refractivity contribution in [2.45, 2.75) is 13.5 Å². The van der Waals surface area contributed by atoms with Crippen LogP contribution < -0.4 is 11.1 Å². The second kappa shape index (κ2) is 6.02. The fraction of sp³-hybridized carbons (Fsp3) is 0.300. The van der Waals surface area contributed by atoms with Crippen LogP contribution in [-0.2, 0) is 6.54 Å². The Labute approximate surface area is 100 Å². The van der Waals surface area contributed by atoms with Gasteiger partial charge in [0.2, 0.25) is 0 Å². The Balaban J connectivity index is 2.73. The molecular weight excluding hydrogens is 222 g/mol. The first-order valence-corrected chi connectivity index (χ1v) is 5.35. The Morgan fingerprint density at radius 3 is 2.88 bits per heavy atom. The molecule has 0 bridgehead atoms. The van der Waals surface area contributed by atoms with Gasteiger partial charge in [-0.15, -0.1) is 0 Å². The van der Waals surface area contributed by atoms with Gasteiger partial charge in [-0.1, -0.05) is 6.07 Å². The number of hydrogen-bond donors (Lipinski definition) is 3. The molecule has 0 saturated carbocycles. The van der Waals surface area contributed by atoms with Gasteiger partial charge in [-0.05, 0) is 31.3 Å². The van der Waals surface area contributed by atoms with E-state index in [0.717, 1.165) is 5.69 Å². The molecule has 1 rings (SSSR count).